The Morgan fingerprint density at radius 2 is 1.82 bits per heavy atom. The third-order valence-corrected chi connectivity index (χ3v) is 3.62. The highest BCUT2D eigenvalue weighted by molar-refractivity contribution is 6.18. The van der Waals surface area contributed by atoms with E-state index in [9.17, 15) is 0 Å². The Kier molecular flexibility index (Phi) is 8.14. The Labute approximate surface area is 109 Å². The van der Waals surface area contributed by atoms with E-state index in [1.165, 1.54) is 0 Å². The average Bonchev–Trinajstić information content (AvgIpc) is 2.82. The molecule has 1 unspecified atom stereocenters. The lowest BCUT2D eigenvalue weighted by Gasteiger charge is -2.23. The largest absolute Gasteiger partial charge is 0.382 e. The Morgan fingerprint density at radius 1 is 1.12 bits per heavy atom. The lowest BCUT2D eigenvalue weighted by molar-refractivity contribution is 0.0169. The summed E-state index contributed by atoms with van der Waals surface area (Å²) in [5.74, 6) is 0.653. The minimum absolute atomic E-state index is 0.137. The quantitative estimate of drug-likeness (QED) is 0.446. The van der Waals surface area contributed by atoms with Crippen LogP contribution in [0.1, 0.15) is 12.8 Å². The van der Waals surface area contributed by atoms with Gasteiger partial charge in [0.05, 0.1) is 33.0 Å². The van der Waals surface area contributed by atoms with Crippen molar-refractivity contribution in [1.82, 2.24) is 0 Å². The summed E-state index contributed by atoms with van der Waals surface area (Å²) in [6.07, 6.45) is 2.01. The van der Waals surface area contributed by atoms with Crippen LogP contribution in [0.2, 0.25) is 0 Å². The highest BCUT2D eigenvalue weighted by Crippen LogP contribution is 2.33. The van der Waals surface area contributed by atoms with Crippen LogP contribution in [0.25, 0.3) is 0 Å². The fourth-order valence-corrected chi connectivity index (χ4v) is 2.12. The zero-order chi connectivity index (χ0) is 12.4. The van der Waals surface area contributed by atoms with Gasteiger partial charge in [0.1, 0.15) is 0 Å². The van der Waals surface area contributed by atoms with Gasteiger partial charge in [-0.1, -0.05) is 0 Å². The maximum absolute atomic E-state index is 5.99. The van der Waals surface area contributed by atoms with Gasteiger partial charge in [0.25, 0.3) is 0 Å². The van der Waals surface area contributed by atoms with E-state index in [0.29, 0.717) is 32.3 Å². The van der Waals surface area contributed by atoms with E-state index >= 15 is 0 Å². The van der Waals surface area contributed by atoms with Crippen molar-refractivity contribution in [3.63, 3.8) is 0 Å². The Bertz CT molecular complexity index is 183. The molecule has 0 aromatic carbocycles. The summed E-state index contributed by atoms with van der Waals surface area (Å²) in [5.41, 5.74) is 0.137. The molecule has 0 aliphatic carbocycles. The summed E-state index contributed by atoms with van der Waals surface area (Å²) >= 11 is 5.99. The van der Waals surface area contributed by atoms with Crippen LogP contribution in [0.3, 0.4) is 0 Å². The minimum atomic E-state index is 0.137. The van der Waals surface area contributed by atoms with Crippen molar-refractivity contribution in [2.75, 3.05) is 59.2 Å². The molecule has 1 aliphatic rings. The molecule has 4 nitrogen and oxygen atoms in total. The van der Waals surface area contributed by atoms with Crippen LogP contribution in [0, 0.1) is 5.41 Å². The van der Waals surface area contributed by atoms with Gasteiger partial charge in [-0.05, 0) is 12.8 Å². The molecule has 102 valence electrons. The Morgan fingerprint density at radius 3 is 2.41 bits per heavy atom. The molecule has 0 spiro atoms. The smallest absolute Gasteiger partial charge is 0.0701 e. The number of ether oxygens (including phenoxy) is 4. The molecule has 5 heteroatoms. The van der Waals surface area contributed by atoms with Gasteiger partial charge in [0.15, 0.2) is 0 Å². The highest BCUT2D eigenvalue weighted by atomic mass is 35.5. The second-order valence-electron chi connectivity index (χ2n) is 4.40. The Hall–Kier alpha value is 0.130. The molecule has 1 heterocycles. The Balaban J connectivity index is 1.92. The van der Waals surface area contributed by atoms with E-state index in [2.05, 4.69) is 0 Å². The van der Waals surface area contributed by atoms with Gasteiger partial charge in [0, 0.05) is 31.6 Å². The molecule has 0 aromatic rings. The zero-order valence-electron chi connectivity index (χ0n) is 10.6. The molecule has 1 rings (SSSR count). The minimum Gasteiger partial charge on any atom is -0.382 e. The first-order valence-corrected chi connectivity index (χ1v) is 6.64. The zero-order valence-corrected chi connectivity index (χ0v) is 11.3. The first-order valence-electron chi connectivity index (χ1n) is 6.11. The summed E-state index contributed by atoms with van der Waals surface area (Å²) in [7, 11) is 1.66. The standard InChI is InChI=1S/C12H23ClO4/c1-14-6-7-16-9-8-15-4-2-12(10-13)3-5-17-11-12/h2-11H2,1H3. The maximum Gasteiger partial charge on any atom is 0.0701 e. The van der Waals surface area contributed by atoms with Crippen LogP contribution >= 0.6 is 11.6 Å². The molecule has 0 amide bonds. The fraction of sp³-hybridized carbons (Fsp3) is 1.00. The predicted octanol–water partition coefficient (Wildman–Crippen LogP) is 1.70. The second-order valence-corrected chi connectivity index (χ2v) is 4.67. The summed E-state index contributed by atoms with van der Waals surface area (Å²) in [6.45, 7) is 4.82. The number of methoxy groups -OCH3 is 1. The van der Waals surface area contributed by atoms with Gasteiger partial charge in [0.2, 0.25) is 0 Å². The highest BCUT2D eigenvalue weighted by Gasteiger charge is 2.33. The van der Waals surface area contributed by atoms with Crippen LogP contribution in [-0.4, -0.2) is 59.2 Å². The van der Waals surface area contributed by atoms with Gasteiger partial charge in [-0.2, -0.15) is 0 Å². The van der Waals surface area contributed by atoms with E-state index in [4.69, 9.17) is 30.5 Å². The van der Waals surface area contributed by atoms with Crippen molar-refractivity contribution in [2.24, 2.45) is 5.41 Å². The predicted molar refractivity (Wildman–Crippen MR) is 66.7 cm³/mol. The molecule has 1 saturated heterocycles. The molecule has 17 heavy (non-hydrogen) atoms. The first kappa shape index (κ1) is 15.2. The molecular weight excluding hydrogens is 244 g/mol. The van der Waals surface area contributed by atoms with Gasteiger partial charge in [-0.25, -0.2) is 0 Å². The van der Waals surface area contributed by atoms with Gasteiger partial charge in [-0.15, -0.1) is 11.6 Å². The van der Waals surface area contributed by atoms with E-state index in [1.54, 1.807) is 7.11 Å². The molecular formula is C12H23ClO4. The number of hydrogen-bond acceptors (Lipinski definition) is 4. The third kappa shape index (κ3) is 6.02. The average molecular weight is 267 g/mol. The number of halogens is 1. The second kappa shape index (κ2) is 9.11. The summed E-state index contributed by atoms with van der Waals surface area (Å²) in [5, 5.41) is 0. The van der Waals surface area contributed by atoms with Gasteiger partial charge in [-0.3, -0.25) is 0 Å². The van der Waals surface area contributed by atoms with Crippen LogP contribution in [0.5, 0.6) is 0 Å². The monoisotopic (exact) mass is 266 g/mol. The topological polar surface area (TPSA) is 36.9 Å². The SMILES string of the molecule is COCCOCCOCCC1(CCl)CCOC1. The summed E-state index contributed by atoms with van der Waals surface area (Å²) < 4.78 is 21.1. The normalized spacial score (nSPS) is 24.4. The molecule has 1 atom stereocenters. The van der Waals surface area contributed by atoms with Crippen molar-refractivity contribution < 1.29 is 18.9 Å². The third-order valence-electron chi connectivity index (χ3n) is 3.05. The van der Waals surface area contributed by atoms with Crippen LogP contribution in [0.4, 0.5) is 0 Å². The lowest BCUT2D eigenvalue weighted by atomic mass is 9.86. The molecule has 0 saturated carbocycles. The van der Waals surface area contributed by atoms with E-state index in [1.807, 2.05) is 0 Å². The van der Waals surface area contributed by atoms with Crippen molar-refractivity contribution in [3.8, 4) is 0 Å². The number of alkyl halides is 1. The van der Waals surface area contributed by atoms with Gasteiger partial charge < -0.3 is 18.9 Å². The summed E-state index contributed by atoms with van der Waals surface area (Å²) in [6, 6.07) is 0. The van der Waals surface area contributed by atoms with E-state index < -0.39 is 0 Å². The lowest BCUT2D eigenvalue weighted by Crippen LogP contribution is -2.25. The molecule has 1 aliphatic heterocycles. The van der Waals surface area contributed by atoms with Crippen molar-refractivity contribution >= 4 is 11.6 Å². The van der Waals surface area contributed by atoms with Crippen LogP contribution in [-0.2, 0) is 18.9 Å². The summed E-state index contributed by atoms with van der Waals surface area (Å²) in [4.78, 5) is 0. The first-order chi connectivity index (χ1) is 8.33. The molecule has 0 N–H and O–H groups in total. The van der Waals surface area contributed by atoms with E-state index in [-0.39, 0.29) is 5.41 Å². The molecule has 1 fully saturated rings. The van der Waals surface area contributed by atoms with E-state index in [0.717, 1.165) is 32.7 Å². The maximum atomic E-state index is 5.99. The van der Waals surface area contributed by atoms with Gasteiger partial charge >= 0.3 is 0 Å². The fourth-order valence-electron chi connectivity index (χ4n) is 1.77. The van der Waals surface area contributed by atoms with Crippen molar-refractivity contribution in [2.45, 2.75) is 12.8 Å². The number of hydrogen-bond donors (Lipinski definition) is 0. The van der Waals surface area contributed by atoms with Crippen molar-refractivity contribution in [1.29, 1.82) is 0 Å². The van der Waals surface area contributed by atoms with Crippen molar-refractivity contribution in [3.05, 3.63) is 0 Å². The van der Waals surface area contributed by atoms with Crippen LogP contribution in [0.15, 0.2) is 0 Å². The van der Waals surface area contributed by atoms with Crippen LogP contribution < -0.4 is 0 Å². The molecule has 0 aromatic heterocycles. The molecule has 0 radical (unpaired) electrons. The number of rotatable bonds is 10. The molecule has 0 bridgehead atoms.